The van der Waals surface area contributed by atoms with Crippen molar-refractivity contribution in [1.82, 2.24) is 0 Å². The Bertz CT molecular complexity index is 596. The lowest BCUT2D eigenvalue weighted by molar-refractivity contribution is 0.475. The second-order valence-electron chi connectivity index (χ2n) is 3.46. The Morgan fingerprint density at radius 2 is 1.20 bits per heavy atom. The fraction of sp³-hybridized carbons (Fsp3) is 0. The third-order valence-corrected chi connectivity index (χ3v) is 2.44. The van der Waals surface area contributed by atoms with Crippen molar-refractivity contribution in [2.75, 3.05) is 0 Å². The van der Waals surface area contributed by atoms with Crippen LogP contribution in [0.15, 0.2) is 40.8 Å². The molecule has 74 valence electrons. The fourth-order valence-electron chi connectivity index (χ4n) is 1.75. The Morgan fingerprint density at radius 3 is 1.67 bits per heavy atom. The monoisotopic (exact) mass is 200 g/mol. The molecule has 3 rings (SSSR count). The summed E-state index contributed by atoms with van der Waals surface area (Å²) in [7, 11) is 0. The molecule has 1 heterocycles. The zero-order chi connectivity index (χ0) is 10.4. The van der Waals surface area contributed by atoms with E-state index >= 15 is 0 Å². The molecule has 0 aliphatic heterocycles. The van der Waals surface area contributed by atoms with Crippen molar-refractivity contribution in [3.8, 4) is 11.5 Å². The van der Waals surface area contributed by atoms with Gasteiger partial charge < -0.3 is 14.6 Å². The standard InChI is InChI=1S/C12H8O3/c13-7-1-3-11-9(5-7)10-6-8(14)2-4-12(10)15-11/h1-6,13-14H. The minimum absolute atomic E-state index is 0.188. The summed E-state index contributed by atoms with van der Waals surface area (Å²) in [6.07, 6.45) is 0. The van der Waals surface area contributed by atoms with Crippen LogP contribution in [0.1, 0.15) is 0 Å². The summed E-state index contributed by atoms with van der Waals surface area (Å²) < 4.78 is 5.54. The van der Waals surface area contributed by atoms with Crippen molar-refractivity contribution < 1.29 is 14.6 Å². The first kappa shape index (κ1) is 8.17. The SMILES string of the molecule is Oc1ccc2oc3ccc(O)cc3c2c1. The average Bonchev–Trinajstić information content (AvgIpc) is 2.56. The first-order valence-electron chi connectivity index (χ1n) is 4.58. The van der Waals surface area contributed by atoms with Crippen LogP contribution >= 0.6 is 0 Å². The molecule has 0 fully saturated rings. The van der Waals surface area contributed by atoms with Crippen molar-refractivity contribution in [2.24, 2.45) is 0 Å². The number of fused-ring (bicyclic) bond motifs is 3. The average molecular weight is 200 g/mol. The third-order valence-electron chi connectivity index (χ3n) is 2.44. The minimum Gasteiger partial charge on any atom is -0.508 e. The van der Waals surface area contributed by atoms with Gasteiger partial charge in [0.25, 0.3) is 0 Å². The zero-order valence-electron chi connectivity index (χ0n) is 7.77. The Labute approximate surface area is 85.2 Å². The maximum absolute atomic E-state index is 9.37. The molecular formula is C12H8O3. The lowest BCUT2D eigenvalue weighted by Crippen LogP contribution is -1.67. The number of furan rings is 1. The quantitative estimate of drug-likeness (QED) is 0.586. The van der Waals surface area contributed by atoms with E-state index in [2.05, 4.69) is 0 Å². The Kier molecular flexibility index (Phi) is 1.45. The zero-order valence-corrected chi connectivity index (χ0v) is 7.77. The summed E-state index contributed by atoms with van der Waals surface area (Å²) in [6.45, 7) is 0. The molecular weight excluding hydrogens is 192 g/mol. The van der Waals surface area contributed by atoms with Gasteiger partial charge >= 0.3 is 0 Å². The molecule has 3 nitrogen and oxygen atoms in total. The van der Waals surface area contributed by atoms with Gasteiger partial charge in [-0.15, -0.1) is 0 Å². The molecule has 1 aromatic heterocycles. The van der Waals surface area contributed by atoms with Crippen molar-refractivity contribution in [3.05, 3.63) is 36.4 Å². The molecule has 15 heavy (non-hydrogen) atoms. The van der Waals surface area contributed by atoms with E-state index in [1.165, 1.54) is 0 Å². The smallest absolute Gasteiger partial charge is 0.135 e. The normalized spacial score (nSPS) is 11.2. The summed E-state index contributed by atoms with van der Waals surface area (Å²) in [5.41, 5.74) is 1.40. The van der Waals surface area contributed by atoms with Crippen molar-refractivity contribution >= 4 is 21.9 Å². The van der Waals surface area contributed by atoms with E-state index in [0.717, 1.165) is 10.8 Å². The van der Waals surface area contributed by atoms with Crippen LogP contribution in [-0.4, -0.2) is 10.2 Å². The van der Waals surface area contributed by atoms with E-state index in [0.29, 0.717) is 11.2 Å². The van der Waals surface area contributed by atoms with Gasteiger partial charge in [-0.2, -0.15) is 0 Å². The van der Waals surface area contributed by atoms with Gasteiger partial charge in [0.1, 0.15) is 22.7 Å². The van der Waals surface area contributed by atoms with Crippen LogP contribution in [0.3, 0.4) is 0 Å². The van der Waals surface area contributed by atoms with Gasteiger partial charge in [-0.05, 0) is 36.4 Å². The first-order chi connectivity index (χ1) is 7.24. The predicted octanol–water partition coefficient (Wildman–Crippen LogP) is 3.00. The number of rotatable bonds is 0. The van der Waals surface area contributed by atoms with E-state index in [1.54, 1.807) is 36.4 Å². The highest BCUT2D eigenvalue weighted by atomic mass is 16.3. The third kappa shape index (κ3) is 1.13. The molecule has 0 aliphatic carbocycles. The van der Waals surface area contributed by atoms with Crippen LogP contribution in [0.25, 0.3) is 21.9 Å². The van der Waals surface area contributed by atoms with Gasteiger partial charge in [0.15, 0.2) is 0 Å². The molecule has 3 heteroatoms. The highest BCUT2D eigenvalue weighted by molar-refractivity contribution is 6.05. The number of hydrogen-bond acceptors (Lipinski definition) is 3. The van der Waals surface area contributed by atoms with Gasteiger partial charge in [0.2, 0.25) is 0 Å². The number of phenols is 2. The lowest BCUT2D eigenvalue weighted by atomic mass is 10.1. The molecule has 0 bridgehead atoms. The Balaban J connectivity index is 2.55. The van der Waals surface area contributed by atoms with Crippen LogP contribution in [-0.2, 0) is 0 Å². The van der Waals surface area contributed by atoms with E-state index in [4.69, 9.17) is 4.42 Å². The van der Waals surface area contributed by atoms with Crippen LogP contribution in [0.4, 0.5) is 0 Å². The highest BCUT2D eigenvalue weighted by Gasteiger charge is 2.07. The Hall–Kier alpha value is -2.16. The molecule has 0 saturated carbocycles. The molecule has 0 spiro atoms. The fourth-order valence-corrected chi connectivity index (χ4v) is 1.75. The molecule has 2 N–H and O–H groups in total. The summed E-state index contributed by atoms with van der Waals surface area (Å²) in [4.78, 5) is 0. The molecule has 0 saturated heterocycles. The predicted molar refractivity (Wildman–Crippen MR) is 57.0 cm³/mol. The molecule has 3 aromatic rings. The number of aromatic hydroxyl groups is 2. The second kappa shape index (κ2) is 2.67. The van der Waals surface area contributed by atoms with Gasteiger partial charge in [-0.3, -0.25) is 0 Å². The largest absolute Gasteiger partial charge is 0.508 e. The van der Waals surface area contributed by atoms with E-state index < -0.39 is 0 Å². The van der Waals surface area contributed by atoms with E-state index in [9.17, 15) is 10.2 Å². The van der Waals surface area contributed by atoms with Crippen LogP contribution in [0.2, 0.25) is 0 Å². The molecule has 0 radical (unpaired) electrons. The lowest BCUT2D eigenvalue weighted by Gasteiger charge is -1.92. The maximum atomic E-state index is 9.37. The summed E-state index contributed by atoms with van der Waals surface area (Å²) in [6, 6.07) is 9.82. The van der Waals surface area contributed by atoms with Gasteiger partial charge in [-0.1, -0.05) is 0 Å². The summed E-state index contributed by atoms with van der Waals surface area (Å²) >= 11 is 0. The molecule has 0 aliphatic rings. The van der Waals surface area contributed by atoms with Crippen LogP contribution in [0, 0.1) is 0 Å². The maximum Gasteiger partial charge on any atom is 0.135 e. The molecule has 0 amide bonds. The van der Waals surface area contributed by atoms with Crippen LogP contribution < -0.4 is 0 Å². The van der Waals surface area contributed by atoms with Crippen molar-refractivity contribution in [3.63, 3.8) is 0 Å². The summed E-state index contributed by atoms with van der Waals surface area (Å²) in [5.74, 6) is 0.377. The van der Waals surface area contributed by atoms with Crippen molar-refractivity contribution in [1.29, 1.82) is 0 Å². The number of benzene rings is 2. The molecule has 0 atom stereocenters. The van der Waals surface area contributed by atoms with E-state index in [1.807, 2.05) is 0 Å². The number of phenolic OH excluding ortho intramolecular Hbond substituents is 2. The van der Waals surface area contributed by atoms with Gasteiger partial charge in [-0.25, -0.2) is 0 Å². The van der Waals surface area contributed by atoms with Gasteiger partial charge in [0, 0.05) is 10.8 Å². The van der Waals surface area contributed by atoms with Crippen molar-refractivity contribution in [2.45, 2.75) is 0 Å². The molecule has 0 unspecified atom stereocenters. The van der Waals surface area contributed by atoms with E-state index in [-0.39, 0.29) is 11.5 Å². The highest BCUT2D eigenvalue weighted by Crippen LogP contribution is 2.32. The Morgan fingerprint density at radius 1 is 0.733 bits per heavy atom. The second-order valence-corrected chi connectivity index (χ2v) is 3.46. The number of hydrogen-bond donors (Lipinski definition) is 2. The van der Waals surface area contributed by atoms with Crippen LogP contribution in [0.5, 0.6) is 11.5 Å². The first-order valence-corrected chi connectivity index (χ1v) is 4.58. The molecule has 2 aromatic carbocycles. The van der Waals surface area contributed by atoms with Gasteiger partial charge in [0.05, 0.1) is 0 Å². The summed E-state index contributed by atoms with van der Waals surface area (Å²) in [5, 5.41) is 20.4. The topological polar surface area (TPSA) is 53.6 Å². The minimum atomic E-state index is 0.188.